The van der Waals surface area contributed by atoms with E-state index in [0.29, 0.717) is 10.8 Å². The minimum atomic E-state index is -1.73. The molecule has 2 aromatic rings. The second-order valence-electron chi connectivity index (χ2n) is 4.76. The number of carbonyl (C=O) groups excluding carboxylic acids is 2. The van der Waals surface area contributed by atoms with Gasteiger partial charge in [0.25, 0.3) is 0 Å². The van der Waals surface area contributed by atoms with Gasteiger partial charge in [-0.25, -0.2) is 9.59 Å². The Balaban J connectivity index is 0.00000192. The third-order valence-corrected chi connectivity index (χ3v) is 3.51. The van der Waals surface area contributed by atoms with Crippen molar-refractivity contribution in [2.45, 2.75) is 0 Å². The van der Waals surface area contributed by atoms with Gasteiger partial charge in [0, 0.05) is 11.1 Å². The first-order valence-corrected chi connectivity index (χ1v) is 6.25. The van der Waals surface area contributed by atoms with Crippen molar-refractivity contribution in [3.05, 3.63) is 58.7 Å². The Hall–Kier alpha value is -2.99. The van der Waals surface area contributed by atoms with Gasteiger partial charge in [-0.1, -0.05) is 24.3 Å². The zero-order valence-electron chi connectivity index (χ0n) is 11.4. The van der Waals surface area contributed by atoms with E-state index in [2.05, 4.69) is 0 Å². The summed E-state index contributed by atoms with van der Waals surface area (Å²) in [5, 5.41) is 19.5. The molecule has 0 amide bonds. The summed E-state index contributed by atoms with van der Waals surface area (Å²) in [5.74, 6) is -5.39. The lowest BCUT2D eigenvalue weighted by Gasteiger charge is -2.17. The summed E-state index contributed by atoms with van der Waals surface area (Å²) in [5.41, 5.74) is -2.18. The van der Waals surface area contributed by atoms with Crippen LogP contribution < -0.4 is 0 Å². The largest absolute Gasteiger partial charge is 0.478 e. The van der Waals surface area contributed by atoms with Crippen LogP contribution in [0.15, 0.2) is 47.5 Å². The van der Waals surface area contributed by atoms with Crippen LogP contribution in [0.5, 0.6) is 0 Å². The molecule has 0 aromatic heterocycles. The number of hydrogen-bond donors (Lipinski definition) is 2. The second-order valence-corrected chi connectivity index (χ2v) is 4.76. The van der Waals surface area contributed by atoms with Crippen LogP contribution in [0.25, 0.3) is 10.8 Å². The van der Waals surface area contributed by atoms with Gasteiger partial charge in [0.2, 0.25) is 11.6 Å². The van der Waals surface area contributed by atoms with E-state index >= 15 is 0 Å². The monoisotopic (exact) mass is 332 g/mol. The standard InChI is InChI=1S/C16H8O6.ClH/c17-13-9-5-7-3-1-2-4-8(7)6-10(9)14(18)12(16(21)22)11(13)15(19)20;/h1-6H,(H,19,20)(H,21,22);1H. The minimum Gasteiger partial charge on any atom is -0.478 e. The first kappa shape index (κ1) is 16.4. The summed E-state index contributed by atoms with van der Waals surface area (Å²) in [7, 11) is 0. The molecule has 2 N–H and O–H groups in total. The van der Waals surface area contributed by atoms with Gasteiger partial charge >= 0.3 is 11.9 Å². The van der Waals surface area contributed by atoms with Crippen LogP contribution in [0, 0.1) is 0 Å². The van der Waals surface area contributed by atoms with Crippen LogP contribution in [-0.2, 0) is 9.59 Å². The maximum atomic E-state index is 12.3. The molecule has 1 aliphatic carbocycles. The second kappa shape index (κ2) is 5.66. The number of carbonyl (C=O) groups is 4. The van der Waals surface area contributed by atoms with Gasteiger partial charge in [-0.3, -0.25) is 9.59 Å². The number of benzene rings is 2. The van der Waals surface area contributed by atoms with Crippen LogP contribution in [0.3, 0.4) is 0 Å². The van der Waals surface area contributed by atoms with Crippen molar-refractivity contribution in [2.24, 2.45) is 0 Å². The van der Waals surface area contributed by atoms with E-state index in [1.807, 2.05) is 0 Å². The summed E-state index contributed by atoms with van der Waals surface area (Å²) < 4.78 is 0. The number of Topliss-reactive ketones (excluding diaryl/α,β-unsaturated/α-hetero) is 2. The maximum absolute atomic E-state index is 12.3. The molecular formula is C16H9ClO6. The van der Waals surface area contributed by atoms with Crippen LogP contribution in [-0.4, -0.2) is 33.7 Å². The number of fused-ring (bicyclic) bond motifs is 2. The topological polar surface area (TPSA) is 109 Å². The Kier molecular flexibility index (Phi) is 4.03. The van der Waals surface area contributed by atoms with Gasteiger partial charge in [0.05, 0.1) is 0 Å². The third kappa shape index (κ3) is 2.39. The molecule has 0 aliphatic heterocycles. The van der Waals surface area contributed by atoms with Crippen LogP contribution in [0.2, 0.25) is 0 Å². The van der Waals surface area contributed by atoms with E-state index in [1.54, 1.807) is 24.3 Å². The van der Waals surface area contributed by atoms with Crippen LogP contribution in [0.4, 0.5) is 0 Å². The van der Waals surface area contributed by atoms with Gasteiger partial charge in [0.1, 0.15) is 11.1 Å². The van der Waals surface area contributed by atoms with E-state index in [-0.39, 0.29) is 23.5 Å². The molecule has 0 bridgehead atoms. The van der Waals surface area contributed by atoms with E-state index in [0.717, 1.165) is 0 Å². The fourth-order valence-electron chi connectivity index (χ4n) is 2.52. The fourth-order valence-corrected chi connectivity index (χ4v) is 2.52. The maximum Gasteiger partial charge on any atom is 0.340 e. The lowest BCUT2D eigenvalue weighted by molar-refractivity contribution is -0.135. The predicted molar refractivity (Wildman–Crippen MR) is 82.2 cm³/mol. The van der Waals surface area contributed by atoms with Crippen molar-refractivity contribution in [3.63, 3.8) is 0 Å². The Morgan fingerprint density at radius 3 is 1.39 bits per heavy atom. The number of carboxylic acids is 2. The molecule has 0 atom stereocenters. The van der Waals surface area contributed by atoms with Crippen molar-refractivity contribution in [1.29, 1.82) is 0 Å². The molecule has 0 saturated carbocycles. The molecule has 0 heterocycles. The number of halogens is 1. The molecule has 0 spiro atoms. The summed E-state index contributed by atoms with van der Waals surface area (Å²) in [6.45, 7) is 0. The fraction of sp³-hybridized carbons (Fsp3) is 0. The number of hydrogen-bond acceptors (Lipinski definition) is 4. The molecule has 23 heavy (non-hydrogen) atoms. The van der Waals surface area contributed by atoms with Gasteiger partial charge in [-0.2, -0.15) is 0 Å². The molecule has 116 valence electrons. The van der Waals surface area contributed by atoms with Gasteiger partial charge in [-0.15, -0.1) is 12.4 Å². The average molecular weight is 333 g/mol. The van der Waals surface area contributed by atoms with Gasteiger partial charge in [-0.05, 0) is 22.9 Å². The number of carboxylic acid groups (broad SMARTS) is 2. The van der Waals surface area contributed by atoms with Crippen molar-refractivity contribution in [2.75, 3.05) is 0 Å². The number of rotatable bonds is 2. The van der Waals surface area contributed by atoms with E-state index in [9.17, 15) is 19.2 Å². The molecule has 0 radical (unpaired) electrons. The molecule has 6 nitrogen and oxygen atoms in total. The molecule has 7 heteroatoms. The highest BCUT2D eigenvalue weighted by atomic mass is 35.5. The summed E-state index contributed by atoms with van der Waals surface area (Å²) >= 11 is 0. The van der Waals surface area contributed by atoms with Crippen molar-refractivity contribution >= 4 is 46.7 Å². The lowest BCUT2D eigenvalue weighted by Crippen LogP contribution is -2.30. The Bertz CT molecular complexity index is 851. The molecule has 0 saturated heterocycles. The van der Waals surface area contributed by atoms with E-state index in [1.165, 1.54) is 12.1 Å². The summed E-state index contributed by atoms with van der Waals surface area (Å²) in [6, 6.07) is 9.72. The minimum absolute atomic E-state index is 0. The molecular weight excluding hydrogens is 324 g/mol. The smallest absolute Gasteiger partial charge is 0.340 e. The molecule has 0 fully saturated rings. The normalized spacial score (nSPS) is 13.6. The zero-order chi connectivity index (χ0) is 16.0. The highest BCUT2D eigenvalue weighted by Crippen LogP contribution is 2.30. The molecule has 0 unspecified atom stereocenters. The van der Waals surface area contributed by atoms with Crippen LogP contribution in [0.1, 0.15) is 20.7 Å². The zero-order valence-corrected chi connectivity index (χ0v) is 12.2. The number of ketones is 2. The van der Waals surface area contributed by atoms with Crippen LogP contribution >= 0.6 is 12.4 Å². The van der Waals surface area contributed by atoms with E-state index < -0.39 is 34.7 Å². The van der Waals surface area contributed by atoms with Gasteiger partial charge in [0.15, 0.2) is 0 Å². The molecule has 3 rings (SSSR count). The highest BCUT2D eigenvalue weighted by Gasteiger charge is 2.39. The van der Waals surface area contributed by atoms with Crippen molar-refractivity contribution < 1.29 is 29.4 Å². The summed E-state index contributed by atoms with van der Waals surface area (Å²) in [6.07, 6.45) is 0. The van der Waals surface area contributed by atoms with Crippen molar-refractivity contribution in [3.8, 4) is 0 Å². The first-order valence-electron chi connectivity index (χ1n) is 6.25. The summed E-state index contributed by atoms with van der Waals surface area (Å²) in [4.78, 5) is 47.0. The average Bonchev–Trinajstić information content (AvgIpc) is 2.48. The SMILES string of the molecule is Cl.O=C(O)C1=C(C(=O)O)C(=O)c2cc3ccccc3cc2C1=O. The number of aliphatic carboxylic acids is 2. The van der Waals surface area contributed by atoms with Crippen molar-refractivity contribution in [1.82, 2.24) is 0 Å². The quantitative estimate of drug-likeness (QED) is 0.815. The van der Waals surface area contributed by atoms with E-state index in [4.69, 9.17) is 10.2 Å². The first-order chi connectivity index (χ1) is 10.4. The Labute approximate surface area is 135 Å². The predicted octanol–water partition coefficient (Wildman–Crippen LogP) is 2.11. The molecule has 1 aliphatic rings. The van der Waals surface area contributed by atoms with Gasteiger partial charge < -0.3 is 10.2 Å². The highest BCUT2D eigenvalue weighted by molar-refractivity contribution is 6.41. The molecule has 2 aromatic carbocycles. The Morgan fingerprint density at radius 2 is 1.09 bits per heavy atom. The third-order valence-electron chi connectivity index (χ3n) is 3.51. The lowest BCUT2D eigenvalue weighted by atomic mass is 9.82. The Morgan fingerprint density at radius 1 is 0.739 bits per heavy atom.